The molecule has 3 aromatic rings. The first-order valence-corrected chi connectivity index (χ1v) is 10.6. The van der Waals surface area contributed by atoms with E-state index in [9.17, 15) is 4.79 Å². The molecule has 3 rings (SSSR count). The number of nitrogens with one attached hydrogen (secondary N) is 1. The zero-order valence-corrected chi connectivity index (χ0v) is 18.7. The maximum atomic E-state index is 12.9. The van der Waals surface area contributed by atoms with Gasteiger partial charge < -0.3 is 15.9 Å². The van der Waals surface area contributed by atoms with Gasteiger partial charge in [0.15, 0.2) is 5.82 Å². The van der Waals surface area contributed by atoms with Crippen LogP contribution in [0.25, 0.3) is 11.4 Å². The molecule has 2 aromatic carbocycles. The van der Waals surface area contributed by atoms with Crippen LogP contribution in [-0.4, -0.2) is 33.1 Å². The Morgan fingerprint density at radius 2 is 1.87 bits per heavy atom. The molecular weight excluding hydrogens is 398 g/mol. The molecule has 1 amide bonds. The highest BCUT2D eigenvalue weighted by molar-refractivity contribution is 8.00. The molecule has 1 heterocycles. The normalized spacial score (nSPS) is 12.1. The summed E-state index contributed by atoms with van der Waals surface area (Å²) in [4.78, 5) is 12.9. The van der Waals surface area contributed by atoms with E-state index in [0.29, 0.717) is 22.6 Å². The fraction of sp³-hybridized carbons (Fsp3) is 0.318. The minimum atomic E-state index is -0.415. The second kappa shape index (κ2) is 9.21. The van der Waals surface area contributed by atoms with Gasteiger partial charge in [0.25, 0.3) is 0 Å². The van der Waals surface area contributed by atoms with Crippen LogP contribution in [0.15, 0.2) is 47.6 Å². The van der Waals surface area contributed by atoms with E-state index in [1.54, 1.807) is 7.11 Å². The smallest absolute Gasteiger partial charge is 0.237 e. The number of anilines is 1. The number of nitrogen functional groups attached to an aromatic ring is 1. The third-order valence-corrected chi connectivity index (χ3v) is 5.90. The van der Waals surface area contributed by atoms with Crippen molar-refractivity contribution in [2.45, 2.75) is 44.0 Å². The molecule has 0 aliphatic rings. The molecule has 0 bridgehead atoms. The van der Waals surface area contributed by atoms with Crippen LogP contribution in [-0.2, 0) is 4.79 Å². The number of amides is 1. The molecule has 1 aromatic heterocycles. The highest BCUT2D eigenvalue weighted by Crippen LogP contribution is 2.32. The van der Waals surface area contributed by atoms with E-state index in [2.05, 4.69) is 29.4 Å². The zero-order valence-electron chi connectivity index (χ0n) is 17.8. The molecule has 0 fully saturated rings. The van der Waals surface area contributed by atoms with E-state index < -0.39 is 5.25 Å². The number of para-hydroxylation sites is 2. The Kier molecular flexibility index (Phi) is 6.66. The number of hydrogen-bond acceptors (Lipinski definition) is 6. The van der Waals surface area contributed by atoms with Crippen LogP contribution in [0.4, 0.5) is 5.69 Å². The summed E-state index contributed by atoms with van der Waals surface area (Å²) in [5.74, 6) is 7.55. The van der Waals surface area contributed by atoms with Gasteiger partial charge >= 0.3 is 0 Å². The predicted molar refractivity (Wildman–Crippen MR) is 121 cm³/mol. The van der Waals surface area contributed by atoms with Gasteiger partial charge in [0.2, 0.25) is 11.1 Å². The van der Waals surface area contributed by atoms with E-state index in [4.69, 9.17) is 10.6 Å². The molecule has 0 aliphatic heterocycles. The molecule has 1 unspecified atom stereocenters. The summed E-state index contributed by atoms with van der Waals surface area (Å²) < 4.78 is 6.77. The first-order chi connectivity index (χ1) is 14.3. The number of aryl methyl sites for hydroxylation is 1. The lowest BCUT2D eigenvalue weighted by Crippen LogP contribution is -2.25. The summed E-state index contributed by atoms with van der Waals surface area (Å²) in [7, 11) is 1.59. The van der Waals surface area contributed by atoms with Crippen molar-refractivity contribution in [3.05, 3.63) is 53.6 Å². The van der Waals surface area contributed by atoms with Crippen LogP contribution in [0.5, 0.6) is 5.75 Å². The van der Waals surface area contributed by atoms with E-state index in [1.807, 2.05) is 56.3 Å². The Hall–Kier alpha value is -3.00. The molecule has 7 nitrogen and oxygen atoms in total. The summed E-state index contributed by atoms with van der Waals surface area (Å²) in [6.45, 7) is 8.04. The number of nitrogens with zero attached hydrogens (tertiary/aromatic N) is 3. The summed E-state index contributed by atoms with van der Waals surface area (Å²) >= 11 is 1.26. The van der Waals surface area contributed by atoms with Crippen molar-refractivity contribution in [1.29, 1.82) is 0 Å². The number of thioether (sulfide) groups is 1. The lowest BCUT2D eigenvalue weighted by Gasteiger charge is -2.18. The Morgan fingerprint density at radius 1 is 1.13 bits per heavy atom. The summed E-state index contributed by atoms with van der Waals surface area (Å²) in [5.41, 5.74) is 3.75. The van der Waals surface area contributed by atoms with Gasteiger partial charge in [0.1, 0.15) is 5.75 Å². The number of nitrogens with two attached hydrogens (primary N) is 1. The molecule has 30 heavy (non-hydrogen) atoms. The standard InChI is InChI=1S/C22H27N5O2S/c1-13(2)16-11-8-9-14(3)19(16)24-21(28)15(4)30-22-26-25-20(27(22)23)17-10-6-7-12-18(17)29-5/h6-13,15H,23H2,1-5H3,(H,24,28). The first kappa shape index (κ1) is 21.7. The largest absolute Gasteiger partial charge is 0.496 e. The monoisotopic (exact) mass is 425 g/mol. The fourth-order valence-corrected chi connectivity index (χ4v) is 3.92. The van der Waals surface area contributed by atoms with E-state index in [1.165, 1.54) is 16.4 Å². The van der Waals surface area contributed by atoms with Crippen molar-refractivity contribution < 1.29 is 9.53 Å². The SMILES string of the molecule is COc1ccccc1-c1nnc(SC(C)C(=O)Nc2c(C)cccc2C(C)C)n1N. The van der Waals surface area contributed by atoms with Gasteiger partial charge in [-0.3, -0.25) is 4.79 Å². The van der Waals surface area contributed by atoms with Gasteiger partial charge in [-0.25, -0.2) is 4.68 Å². The maximum Gasteiger partial charge on any atom is 0.237 e. The first-order valence-electron chi connectivity index (χ1n) is 9.74. The lowest BCUT2D eigenvalue weighted by atomic mass is 9.98. The minimum Gasteiger partial charge on any atom is -0.496 e. The van der Waals surface area contributed by atoms with Crippen molar-refractivity contribution >= 4 is 23.4 Å². The van der Waals surface area contributed by atoms with Gasteiger partial charge in [-0.05, 0) is 43.0 Å². The van der Waals surface area contributed by atoms with E-state index in [0.717, 1.165) is 22.4 Å². The zero-order chi connectivity index (χ0) is 21.8. The molecule has 0 saturated carbocycles. The summed E-state index contributed by atoms with van der Waals surface area (Å²) in [5, 5.41) is 11.5. The van der Waals surface area contributed by atoms with Crippen LogP contribution in [0.3, 0.4) is 0 Å². The summed E-state index contributed by atoms with van der Waals surface area (Å²) in [6, 6.07) is 13.5. The average molecular weight is 426 g/mol. The van der Waals surface area contributed by atoms with E-state index in [-0.39, 0.29) is 5.91 Å². The molecule has 0 spiro atoms. The highest BCUT2D eigenvalue weighted by Gasteiger charge is 2.22. The number of methoxy groups -OCH3 is 1. The van der Waals surface area contributed by atoms with Crippen LogP contribution in [0.1, 0.15) is 37.8 Å². The summed E-state index contributed by atoms with van der Waals surface area (Å²) in [6.07, 6.45) is 0. The van der Waals surface area contributed by atoms with Crippen molar-refractivity contribution in [3.63, 3.8) is 0 Å². The molecular formula is C22H27N5O2S. The number of carbonyl (C=O) groups excluding carboxylic acids is 1. The van der Waals surface area contributed by atoms with Gasteiger partial charge in [0.05, 0.1) is 17.9 Å². The molecule has 8 heteroatoms. The quantitative estimate of drug-likeness (QED) is 0.435. The van der Waals surface area contributed by atoms with Crippen LogP contribution in [0.2, 0.25) is 0 Å². The molecule has 1 atom stereocenters. The maximum absolute atomic E-state index is 12.9. The molecule has 3 N–H and O–H groups in total. The van der Waals surface area contributed by atoms with Crippen molar-refractivity contribution in [2.24, 2.45) is 0 Å². The van der Waals surface area contributed by atoms with Crippen molar-refractivity contribution in [3.8, 4) is 17.1 Å². The Labute approximate surface area is 181 Å². The third kappa shape index (κ3) is 4.43. The minimum absolute atomic E-state index is 0.113. The van der Waals surface area contributed by atoms with E-state index >= 15 is 0 Å². The Bertz CT molecular complexity index is 1050. The number of rotatable bonds is 7. The second-order valence-corrected chi connectivity index (χ2v) is 8.63. The molecule has 0 saturated heterocycles. The molecule has 158 valence electrons. The second-order valence-electron chi connectivity index (χ2n) is 7.32. The number of benzene rings is 2. The highest BCUT2D eigenvalue weighted by atomic mass is 32.2. The van der Waals surface area contributed by atoms with Gasteiger partial charge in [0, 0.05) is 5.69 Å². The van der Waals surface area contributed by atoms with Crippen LogP contribution in [0, 0.1) is 6.92 Å². The van der Waals surface area contributed by atoms with Crippen LogP contribution >= 0.6 is 11.8 Å². The van der Waals surface area contributed by atoms with Crippen LogP contribution < -0.4 is 15.9 Å². The van der Waals surface area contributed by atoms with Gasteiger partial charge in [-0.2, -0.15) is 0 Å². The van der Waals surface area contributed by atoms with Crippen molar-refractivity contribution in [1.82, 2.24) is 14.9 Å². The van der Waals surface area contributed by atoms with Gasteiger partial charge in [-0.1, -0.05) is 55.9 Å². The third-order valence-electron chi connectivity index (χ3n) is 4.84. The Balaban J connectivity index is 1.78. The number of carbonyl (C=O) groups is 1. The predicted octanol–water partition coefficient (Wildman–Crippen LogP) is 4.22. The average Bonchev–Trinajstić information content (AvgIpc) is 3.09. The molecule has 0 aliphatic carbocycles. The number of aromatic nitrogens is 3. The number of ether oxygens (including phenoxy) is 1. The number of hydrogen-bond donors (Lipinski definition) is 2. The Morgan fingerprint density at radius 3 is 2.57 bits per heavy atom. The van der Waals surface area contributed by atoms with Crippen molar-refractivity contribution in [2.75, 3.05) is 18.3 Å². The fourth-order valence-electron chi connectivity index (χ4n) is 3.15. The van der Waals surface area contributed by atoms with Gasteiger partial charge in [-0.15, -0.1) is 10.2 Å². The topological polar surface area (TPSA) is 95.1 Å². The molecule has 0 radical (unpaired) electrons. The lowest BCUT2D eigenvalue weighted by molar-refractivity contribution is -0.115.